The van der Waals surface area contributed by atoms with Crippen molar-refractivity contribution < 1.29 is 14.7 Å². The summed E-state index contributed by atoms with van der Waals surface area (Å²) >= 11 is 0. The number of anilines is 1. The lowest BCUT2D eigenvalue weighted by molar-refractivity contribution is -0.142. The van der Waals surface area contributed by atoms with Crippen LogP contribution in [0.5, 0.6) is 0 Å². The van der Waals surface area contributed by atoms with Crippen molar-refractivity contribution in [3.8, 4) is 0 Å². The van der Waals surface area contributed by atoms with Crippen LogP contribution >= 0.6 is 0 Å². The van der Waals surface area contributed by atoms with Crippen molar-refractivity contribution in [2.45, 2.75) is 13.8 Å². The first-order valence-electron chi connectivity index (χ1n) is 6.72. The Hall–Kier alpha value is -2.04. The van der Waals surface area contributed by atoms with E-state index in [9.17, 15) is 9.59 Å². The number of rotatable bonds is 2. The van der Waals surface area contributed by atoms with Crippen LogP contribution in [0.4, 0.5) is 10.5 Å². The molecule has 108 valence electrons. The van der Waals surface area contributed by atoms with E-state index < -0.39 is 11.9 Å². The molecule has 1 N–H and O–H groups in total. The molecule has 1 aromatic carbocycles. The van der Waals surface area contributed by atoms with E-state index in [-0.39, 0.29) is 18.5 Å². The van der Waals surface area contributed by atoms with Crippen LogP contribution in [0, 0.1) is 18.8 Å². The zero-order valence-corrected chi connectivity index (χ0v) is 12.0. The van der Waals surface area contributed by atoms with Crippen molar-refractivity contribution in [3.05, 3.63) is 29.8 Å². The van der Waals surface area contributed by atoms with E-state index in [1.807, 2.05) is 38.1 Å². The number of benzene rings is 1. The van der Waals surface area contributed by atoms with Crippen LogP contribution < -0.4 is 4.90 Å². The predicted molar refractivity (Wildman–Crippen MR) is 76.8 cm³/mol. The number of amides is 2. The number of carboxylic acids is 1. The topological polar surface area (TPSA) is 60.9 Å². The minimum atomic E-state index is -0.828. The SMILES string of the molecule is Cc1ccc(N(C)C(=O)N2CC(C)C(C(=O)O)C2)cc1. The Labute approximate surface area is 118 Å². The first-order valence-corrected chi connectivity index (χ1v) is 6.72. The van der Waals surface area contributed by atoms with Gasteiger partial charge in [0.15, 0.2) is 0 Å². The molecule has 2 rings (SSSR count). The lowest BCUT2D eigenvalue weighted by atomic mass is 9.99. The Balaban J connectivity index is 2.08. The van der Waals surface area contributed by atoms with Crippen LogP contribution in [0.15, 0.2) is 24.3 Å². The molecule has 1 aliphatic rings. The number of carboxylic acid groups (broad SMARTS) is 1. The number of likely N-dealkylation sites (tertiary alicyclic amines) is 1. The third-order valence-corrected chi connectivity index (χ3v) is 3.91. The molecule has 2 unspecified atom stereocenters. The highest BCUT2D eigenvalue weighted by Gasteiger charge is 2.37. The molecule has 1 aromatic rings. The summed E-state index contributed by atoms with van der Waals surface area (Å²) in [6.07, 6.45) is 0. The number of carbonyl (C=O) groups excluding carboxylic acids is 1. The zero-order chi connectivity index (χ0) is 14.9. The maximum Gasteiger partial charge on any atom is 0.324 e. The first kappa shape index (κ1) is 14.4. The van der Waals surface area contributed by atoms with Gasteiger partial charge in [0.1, 0.15) is 0 Å². The highest BCUT2D eigenvalue weighted by atomic mass is 16.4. The number of aliphatic carboxylic acids is 1. The second kappa shape index (κ2) is 5.53. The number of nitrogens with zero attached hydrogens (tertiary/aromatic N) is 2. The molecule has 2 amide bonds. The number of urea groups is 1. The molecule has 0 spiro atoms. The summed E-state index contributed by atoms with van der Waals surface area (Å²) in [5.74, 6) is -1.31. The summed E-state index contributed by atoms with van der Waals surface area (Å²) < 4.78 is 0. The average molecular weight is 276 g/mol. The highest BCUT2D eigenvalue weighted by Crippen LogP contribution is 2.25. The van der Waals surface area contributed by atoms with Gasteiger partial charge >= 0.3 is 12.0 Å². The molecule has 0 saturated carbocycles. The molecule has 0 bridgehead atoms. The molecule has 1 heterocycles. The van der Waals surface area contributed by atoms with Gasteiger partial charge in [0, 0.05) is 25.8 Å². The highest BCUT2D eigenvalue weighted by molar-refractivity contribution is 5.92. The van der Waals surface area contributed by atoms with Gasteiger partial charge in [-0.15, -0.1) is 0 Å². The monoisotopic (exact) mass is 276 g/mol. The molecular weight excluding hydrogens is 256 g/mol. The molecule has 2 atom stereocenters. The Kier molecular flexibility index (Phi) is 3.97. The van der Waals surface area contributed by atoms with Crippen LogP contribution in [-0.4, -0.2) is 42.1 Å². The van der Waals surface area contributed by atoms with Crippen LogP contribution in [-0.2, 0) is 4.79 Å². The molecule has 1 fully saturated rings. The Bertz CT molecular complexity index is 512. The first-order chi connectivity index (χ1) is 9.40. The standard InChI is InChI=1S/C15H20N2O3/c1-10-4-6-12(7-5-10)16(3)15(20)17-8-11(2)13(9-17)14(18)19/h4-7,11,13H,8-9H2,1-3H3,(H,18,19). The van der Waals surface area contributed by atoms with Gasteiger partial charge in [-0.25, -0.2) is 4.79 Å². The number of hydrogen-bond acceptors (Lipinski definition) is 2. The fourth-order valence-electron chi connectivity index (χ4n) is 2.54. The van der Waals surface area contributed by atoms with Crippen molar-refractivity contribution in [3.63, 3.8) is 0 Å². The molecule has 0 aliphatic carbocycles. The fraction of sp³-hybridized carbons (Fsp3) is 0.467. The van der Waals surface area contributed by atoms with Gasteiger partial charge in [-0.2, -0.15) is 0 Å². The van der Waals surface area contributed by atoms with E-state index in [2.05, 4.69) is 0 Å². The third kappa shape index (κ3) is 2.76. The Morgan fingerprint density at radius 1 is 1.25 bits per heavy atom. The van der Waals surface area contributed by atoms with E-state index in [1.54, 1.807) is 16.8 Å². The molecule has 5 heteroatoms. The molecule has 1 aliphatic heterocycles. The fourth-order valence-corrected chi connectivity index (χ4v) is 2.54. The minimum Gasteiger partial charge on any atom is -0.481 e. The molecule has 0 aromatic heterocycles. The summed E-state index contributed by atoms with van der Waals surface area (Å²) in [6.45, 7) is 4.64. The van der Waals surface area contributed by atoms with Gasteiger partial charge in [-0.1, -0.05) is 24.6 Å². The van der Waals surface area contributed by atoms with Crippen molar-refractivity contribution in [2.75, 3.05) is 25.0 Å². The van der Waals surface area contributed by atoms with Gasteiger partial charge in [0.2, 0.25) is 0 Å². The average Bonchev–Trinajstić information content (AvgIpc) is 2.80. The third-order valence-electron chi connectivity index (χ3n) is 3.91. The molecule has 20 heavy (non-hydrogen) atoms. The van der Waals surface area contributed by atoms with Crippen molar-refractivity contribution in [2.24, 2.45) is 11.8 Å². The molecule has 1 saturated heterocycles. The summed E-state index contributed by atoms with van der Waals surface area (Å²) in [6, 6.07) is 7.53. The van der Waals surface area contributed by atoms with Crippen LogP contribution in [0.2, 0.25) is 0 Å². The van der Waals surface area contributed by atoms with Gasteiger partial charge < -0.3 is 10.0 Å². The van der Waals surface area contributed by atoms with Gasteiger partial charge in [0.05, 0.1) is 5.92 Å². The number of carbonyl (C=O) groups is 2. The summed E-state index contributed by atoms with van der Waals surface area (Å²) in [5.41, 5.74) is 1.95. The van der Waals surface area contributed by atoms with Crippen LogP contribution in [0.3, 0.4) is 0 Å². The van der Waals surface area contributed by atoms with E-state index >= 15 is 0 Å². The minimum absolute atomic E-state index is 0.0112. The molecule has 0 radical (unpaired) electrons. The number of hydrogen-bond donors (Lipinski definition) is 1. The van der Waals surface area contributed by atoms with Crippen LogP contribution in [0.1, 0.15) is 12.5 Å². The van der Waals surface area contributed by atoms with E-state index in [0.717, 1.165) is 11.3 Å². The largest absolute Gasteiger partial charge is 0.481 e. The van der Waals surface area contributed by atoms with E-state index in [4.69, 9.17) is 5.11 Å². The summed E-state index contributed by atoms with van der Waals surface area (Å²) in [4.78, 5) is 26.7. The van der Waals surface area contributed by atoms with E-state index in [1.165, 1.54) is 0 Å². The quantitative estimate of drug-likeness (QED) is 0.900. The Morgan fingerprint density at radius 2 is 1.85 bits per heavy atom. The van der Waals surface area contributed by atoms with Gasteiger partial charge in [0.25, 0.3) is 0 Å². The molecular formula is C15H20N2O3. The predicted octanol–water partition coefficient (Wildman–Crippen LogP) is 2.20. The normalized spacial score (nSPS) is 21.9. The van der Waals surface area contributed by atoms with Crippen LogP contribution in [0.25, 0.3) is 0 Å². The molecule has 5 nitrogen and oxygen atoms in total. The maximum atomic E-state index is 12.4. The lowest BCUT2D eigenvalue weighted by Gasteiger charge is -2.24. The van der Waals surface area contributed by atoms with Gasteiger partial charge in [-0.3, -0.25) is 9.69 Å². The van der Waals surface area contributed by atoms with E-state index in [0.29, 0.717) is 6.54 Å². The Morgan fingerprint density at radius 3 is 2.35 bits per heavy atom. The maximum absolute atomic E-state index is 12.4. The second-order valence-corrected chi connectivity index (χ2v) is 5.50. The summed E-state index contributed by atoms with van der Waals surface area (Å²) in [5, 5.41) is 9.12. The summed E-state index contributed by atoms with van der Waals surface area (Å²) in [7, 11) is 1.71. The zero-order valence-electron chi connectivity index (χ0n) is 12.0. The van der Waals surface area contributed by atoms with Crippen molar-refractivity contribution in [1.82, 2.24) is 4.90 Å². The lowest BCUT2D eigenvalue weighted by Crippen LogP contribution is -2.40. The number of aryl methyl sites for hydroxylation is 1. The van der Waals surface area contributed by atoms with Crippen molar-refractivity contribution in [1.29, 1.82) is 0 Å². The van der Waals surface area contributed by atoms with Gasteiger partial charge in [-0.05, 0) is 25.0 Å². The smallest absolute Gasteiger partial charge is 0.324 e. The second-order valence-electron chi connectivity index (χ2n) is 5.50. The van der Waals surface area contributed by atoms with Crippen molar-refractivity contribution >= 4 is 17.7 Å².